The van der Waals surface area contributed by atoms with Crippen molar-refractivity contribution in [3.8, 4) is 0 Å². The molecule has 9 heteroatoms. The second-order valence-electron chi connectivity index (χ2n) is 9.01. The minimum absolute atomic E-state index is 0.0432. The van der Waals surface area contributed by atoms with Gasteiger partial charge in [-0.3, -0.25) is 14.4 Å². The Balaban J connectivity index is 1.56. The molecule has 0 atom stereocenters. The number of sulfone groups is 1. The summed E-state index contributed by atoms with van der Waals surface area (Å²) in [6.07, 6.45) is 7.20. The number of nitrogens with zero attached hydrogens (tertiary/aromatic N) is 3. The number of carboxylic acid groups (broad SMARTS) is 1. The molecule has 0 aliphatic carbocycles. The topological polar surface area (TPSA) is 105 Å². The second-order valence-corrected chi connectivity index (χ2v) is 10.9. The molecule has 0 amide bonds. The summed E-state index contributed by atoms with van der Waals surface area (Å²) in [7, 11) is -3.45. The van der Waals surface area contributed by atoms with Crippen molar-refractivity contribution in [2.24, 2.45) is 5.92 Å². The van der Waals surface area contributed by atoms with Crippen LogP contribution in [0.2, 0.25) is 0 Å². The lowest BCUT2D eigenvalue weighted by atomic mass is 9.91. The van der Waals surface area contributed by atoms with Gasteiger partial charge in [0.25, 0.3) is 0 Å². The van der Waals surface area contributed by atoms with Crippen LogP contribution < -0.4 is 5.32 Å². The van der Waals surface area contributed by atoms with Gasteiger partial charge in [0.2, 0.25) is 0 Å². The van der Waals surface area contributed by atoms with E-state index < -0.39 is 15.8 Å². The van der Waals surface area contributed by atoms with Crippen molar-refractivity contribution in [1.29, 1.82) is 0 Å². The number of nitrogens with one attached hydrogen (secondary N) is 1. The van der Waals surface area contributed by atoms with Gasteiger partial charge in [-0.25, -0.2) is 8.42 Å². The quantitative estimate of drug-likeness (QED) is 0.668. The van der Waals surface area contributed by atoms with E-state index >= 15 is 0 Å². The maximum atomic E-state index is 12.5. The van der Waals surface area contributed by atoms with Crippen LogP contribution in [0.5, 0.6) is 0 Å². The highest BCUT2D eigenvalue weighted by molar-refractivity contribution is 7.90. The lowest BCUT2D eigenvalue weighted by Gasteiger charge is -2.31. The molecule has 0 radical (unpaired) electrons. The molecule has 1 aromatic carbocycles. The summed E-state index contributed by atoms with van der Waals surface area (Å²) >= 11 is 0. The number of aliphatic carboxylic acids is 1. The van der Waals surface area contributed by atoms with Gasteiger partial charge in [0.05, 0.1) is 18.1 Å². The Hall–Kier alpha value is -1.97. The number of aromatic nitrogens is 2. The van der Waals surface area contributed by atoms with Gasteiger partial charge in [0.15, 0.2) is 14.9 Å². The van der Waals surface area contributed by atoms with E-state index in [0.717, 1.165) is 55.8 Å². The number of piperidine rings is 2. The fraction of sp³-hybridized carbons (Fsp3) is 0.636. The molecule has 2 saturated heterocycles. The van der Waals surface area contributed by atoms with Crippen molar-refractivity contribution in [3.63, 3.8) is 0 Å². The van der Waals surface area contributed by atoms with Crippen molar-refractivity contribution in [3.05, 3.63) is 23.8 Å². The number of carbonyl (C=O) groups is 1. The molecule has 0 bridgehead atoms. The van der Waals surface area contributed by atoms with Crippen LogP contribution in [0.15, 0.2) is 23.2 Å². The van der Waals surface area contributed by atoms with Gasteiger partial charge in [-0.15, -0.1) is 0 Å². The third-order valence-corrected chi connectivity index (χ3v) is 7.65. The van der Waals surface area contributed by atoms with E-state index in [1.165, 1.54) is 19.1 Å². The third kappa shape index (κ3) is 5.27. The average molecular weight is 449 g/mol. The SMILES string of the molecule is CS(=O)(=O)c1nn(C2CCN(CC(=O)O)CC2)c2ccc(CCC3CCNCC3)cc12. The van der Waals surface area contributed by atoms with Crippen LogP contribution in [-0.4, -0.2) is 73.2 Å². The highest BCUT2D eigenvalue weighted by atomic mass is 32.2. The molecule has 3 heterocycles. The first-order valence-corrected chi connectivity index (χ1v) is 13.1. The van der Waals surface area contributed by atoms with Crippen molar-refractivity contribution in [2.45, 2.75) is 49.6 Å². The molecule has 2 aromatic rings. The third-order valence-electron chi connectivity index (χ3n) is 6.65. The number of fused-ring (bicyclic) bond motifs is 1. The van der Waals surface area contributed by atoms with E-state index in [-0.39, 0.29) is 17.6 Å². The number of hydrogen-bond acceptors (Lipinski definition) is 6. The van der Waals surface area contributed by atoms with Crippen LogP contribution in [-0.2, 0) is 21.1 Å². The molecule has 8 nitrogen and oxygen atoms in total. The number of rotatable bonds is 7. The Kier molecular flexibility index (Phi) is 6.64. The summed E-state index contributed by atoms with van der Waals surface area (Å²) in [5, 5.41) is 17.8. The van der Waals surface area contributed by atoms with E-state index in [0.29, 0.717) is 18.5 Å². The fourth-order valence-electron chi connectivity index (χ4n) is 4.92. The molecule has 1 aromatic heterocycles. The Labute approximate surface area is 183 Å². The first kappa shape index (κ1) is 22.2. The van der Waals surface area contributed by atoms with Gasteiger partial charge in [0.1, 0.15) is 0 Å². The Morgan fingerprint density at radius 3 is 2.55 bits per heavy atom. The summed E-state index contributed by atoms with van der Waals surface area (Å²) in [6.45, 7) is 3.54. The Morgan fingerprint density at radius 2 is 1.90 bits per heavy atom. The molecule has 0 saturated carbocycles. The molecule has 4 rings (SSSR count). The normalized spacial score (nSPS) is 19.8. The van der Waals surface area contributed by atoms with E-state index in [4.69, 9.17) is 5.11 Å². The molecule has 2 aliphatic heterocycles. The Bertz CT molecular complexity index is 1040. The molecule has 2 N–H and O–H groups in total. The molecule has 31 heavy (non-hydrogen) atoms. The van der Waals surface area contributed by atoms with Crippen LogP contribution in [0, 0.1) is 5.92 Å². The van der Waals surface area contributed by atoms with Crippen molar-refractivity contribution in [2.75, 3.05) is 39.0 Å². The minimum atomic E-state index is -3.45. The summed E-state index contributed by atoms with van der Waals surface area (Å²) in [5.74, 6) is -0.0931. The van der Waals surface area contributed by atoms with Gasteiger partial charge in [0, 0.05) is 24.7 Å². The number of benzene rings is 1. The Morgan fingerprint density at radius 1 is 1.19 bits per heavy atom. The maximum absolute atomic E-state index is 12.5. The summed E-state index contributed by atoms with van der Waals surface area (Å²) < 4.78 is 26.8. The fourth-order valence-corrected chi connectivity index (χ4v) is 5.72. The van der Waals surface area contributed by atoms with Crippen molar-refractivity contribution < 1.29 is 18.3 Å². The molecule has 0 spiro atoms. The first-order valence-electron chi connectivity index (χ1n) is 11.2. The lowest BCUT2D eigenvalue weighted by Crippen LogP contribution is -2.38. The summed E-state index contributed by atoms with van der Waals surface area (Å²) in [6, 6.07) is 6.20. The molecule has 2 fully saturated rings. The number of likely N-dealkylation sites (tertiary alicyclic amines) is 1. The van der Waals surface area contributed by atoms with Crippen LogP contribution in [0.4, 0.5) is 0 Å². The highest BCUT2D eigenvalue weighted by Gasteiger charge is 2.27. The zero-order chi connectivity index (χ0) is 22.0. The summed E-state index contributed by atoms with van der Waals surface area (Å²) in [5.41, 5.74) is 2.01. The minimum Gasteiger partial charge on any atom is -0.480 e. The highest BCUT2D eigenvalue weighted by Crippen LogP contribution is 2.31. The molecular formula is C22H32N4O4S. The van der Waals surface area contributed by atoms with Gasteiger partial charge in [-0.1, -0.05) is 6.07 Å². The van der Waals surface area contributed by atoms with E-state index in [2.05, 4.69) is 16.5 Å². The predicted molar refractivity (Wildman–Crippen MR) is 119 cm³/mol. The van der Waals surface area contributed by atoms with Gasteiger partial charge >= 0.3 is 5.97 Å². The zero-order valence-corrected chi connectivity index (χ0v) is 18.9. The van der Waals surface area contributed by atoms with Crippen LogP contribution in [0.3, 0.4) is 0 Å². The molecule has 170 valence electrons. The van der Waals surface area contributed by atoms with Gasteiger partial charge in [-0.05, 0) is 75.2 Å². The molecule has 2 aliphatic rings. The maximum Gasteiger partial charge on any atom is 0.317 e. The zero-order valence-electron chi connectivity index (χ0n) is 18.1. The van der Waals surface area contributed by atoms with Gasteiger partial charge in [-0.2, -0.15) is 5.10 Å². The average Bonchev–Trinajstić information content (AvgIpc) is 3.12. The van der Waals surface area contributed by atoms with Crippen molar-refractivity contribution in [1.82, 2.24) is 20.0 Å². The largest absolute Gasteiger partial charge is 0.480 e. The monoisotopic (exact) mass is 448 g/mol. The number of aryl methyl sites for hydroxylation is 1. The smallest absolute Gasteiger partial charge is 0.317 e. The standard InChI is InChI=1S/C22H32N4O4S/c1-31(29,30)22-19-14-17(3-2-16-6-10-23-11-7-16)4-5-20(19)26(24-22)18-8-12-25(13-9-18)15-21(27)28/h4-5,14,16,18,23H,2-3,6-13,15H2,1H3,(H,27,28). The number of hydrogen-bond donors (Lipinski definition) is 2. The van der Waals surface area contributed by atoms with E-state index in [1.807, 2.05) is 21.7 Å². The van der Waals surface area contributed by atoms with Crippen LogP contribution in [0.1, 0.15) is 43.7 Å². The van der Waals surface area contributed by atoms with Gasteiger partial charge < -0.3 is 10.4 Å². The van der Waals surface area contributed by atoms with Crippen LogP contribution >= 0.6 is 0 Å². The number of carboxylic acids is 1. The molecule has 0 unspecified atom stereocenters. The van der Waals surface area contributed by atoms with Crippen molar-refractivity contribution >= 4 is 26.7 Å². The molecular weight excluding hydrogens is 416 g/mol. The van der Waals surface area contributed by atoms with Crippen LogP contribution in [0.25, 0.3) is 10.9 Å². The van der Waals surface area contributed by atoms with E-state index in [9.17, 15) is 13.2 Å². The summed E-state index contributed by atoms with van der Waals surface area (Å²) in [4.78, 5) is 12.9. The lowest BCUT2D eigenvalue weighted by molar-refractivity contribution is -0.138. The van der Waals surface area contributed by atoms with E-state index in [1.54, 1.807) is 0 Å². The second kappa shape index (κ2) is 9.26. The first-order chi connectivity index (χ1) is 14.8. The predicted octanol–water partition coefficient (Wildman–Crippen LogP) is 2.09.